The smallest absolute Gasteiger partial charge is 0.444 e. The van der Waals surface area contributed by atoms with E-state index in [0.29, 0.717) is 13.2 Å². The van der Waals surface area contributed by atoms with E-state index < -0.39 is 18.4 Å². The van der Waals surface area contributed by atoms with E-state index in [1.165, 1.54) is 0 Å². The zero-order chi connectivity index (χ0) is 11.0. The molecule has 1 fully saturated rings. The first kappa shape index (κ1) is 19.9. The van der Waals surface area contributed by atoms with E-state index in [1.807, 2.05) is 0 Å². The SMILES string of the molecule is CC(CO)OC(N)=O.N.O.O=C1OCCO1. The zero-order valence-corrected chi connectivity index (χ0v) is 8.97. The third-order valence-electron chi connectivity index (χ3n) is 1.10. The van der Waals surface area contributed by atoms with Gasteiger partial charge in [-0.15, -0.1) is 0 Å². The van der Waals surface area contributed by atoms with E-state index in [-0.39, 0.29) is 18.2 Å². The van der Waals surface area contributed by atoms with Gasteiger partial charge in [-0.3, -0.25) is 0 Å². The van der Waals surface area contributed by atoms with Crippen molar-refractivity contribution in [2.45, 2.75) is 13.0 Å². The quantitative estimate of drug-likeness (QED) is 0.517. The van der Waals surface area contributed by atoms with Crippen LogP contribution in [-0.4, -0.2) is 48.8 Å². The van der Waals surface area contributed by atoms with Crippen LogP contribution >= 0.6 is 0 Å². The molecule has 1 heterocycles. The van der Waals surface area contributed by atoms with Crippen LogP contribution in [0.25, 0.3) is 0 Å². The van der Waals surface area contributed by atoms with Gasteiger partial charge in [-0.05, 0) is 6.92 Å². The lowest BCUT2D eigenvalue weighted by molar-refractivity contribution is 0.0745. The Morgan fingerprint density at radius 1 is 1.56 bits per heavy atom. The summed E-state index contributed by atoms with van der Waals surface area (Å²) in [6.07, 6.45) is -1.89. The average molecular weight is 242 g/mol. The van der Waals surface area contributed by atoms with Gasteiger partial charge in [0.05, 0.1) is 6.61 Å². The van der Waals surface area contributed by atoms with E-state index in [1.54, 1.807) is 6.92 Å². The van der Waals surface area contributed by atoms with E-state index >= 15 is 0 Å². The second-order valence-electron chi connectivity index (χ2n) is 2.38. The Balaban J connectivity index is -0.000000192. The van der Waals surface area contributed by atoms with E-state index in [2.05, 4.69) is 19.9 Å². The van der Waals surface area contributed by atoms with Gasteiger partial charge in [0.25, 0.3) is 0 Å². The van der Waals surface area contributed by atoms with Crippen molar-refractivity contribution in [1.82, 2.24) is 6.15 Å². The van der Waals surface area contributed by atoms with Gasteiger partial charge < -0.3 is 36.7 Å². The van der Waals surface area contributed by atoms with Gasteiger partial charge in [0.1, 0.15) is 19.3 Å². The number of aliphatic hydroxyl groups excluding tert-OH is 1. The van der Waals surface area contributed by atoms with Crippen LogP contribution in [0.5, 0.6) is 0 Å². The number of cyclic esters (lactones) is 2. The van der Waals surface area contributed by atoms with Gasteiger partial charge in [-0.2, -0.15) is 0 Å². The van der Waals surface area contributed by atoms with E-state index in [0.717, 1.165) is 0 Å². The van der Waals surface area contributed by atoms with Crippen LogP contribution in [0.4, 0.5) is 9.59 Å². The van der Waals surface area contributed by atoms with Crippen LogP contribution in [-0.2, 0) is 14.2 Å². The molecule has 98 valence electrons. The third kappa shape index (κ3) is 12.4. The van der Waals surface area contributed by atoms with Crippen LogP contribution < -0.4 is 11.9 Å². The molecule has 1 amide bonds. The number of hydrogen-bond donors (Lipinski definition) is 3. The first-order valence-electron chi connectivity index (χ1n) is 3.92. The zero-order valence-electron chi connectivity index (χ0n) is 8.97. The lowest BCUT2D eigenvalue weighted by atomic mass is 10.4. The summed E-state index contributed by atoms with van der Waals surface area (Å²) in [7, 11) is 0. The molecular weight excluding hydrogens is 224 g/mol. The van der Waals surface area contributed by atoms with Gasteiger partial charge in [0.15, 0.2) is 0 Å². The molecular formula is C7H18N2O7. The molecule has 16 heavy (non-hydrogen) atoms. The average Bonchev–Trinajstić information content (AvgIpc) is 2.56. The second kappa shape index (κ2) is 11.5. The first-order chi connectivity index (χ1) is 6.56. The molecule has 8 N–H and O–H groups in total. The molecule has 0 aliphatic carbocycles. The lowest BCUT2D eigenvalue weighted by Gasteiger charge is -2.05. The Morgan fingerprint density at radius 2 is 2.00 bits per heavy atom. The topological polar surface area (TPSA) is 175 Å². The number of carbonyl (C=O) groups excluding carboxylic acids is 2. The maximum atomic E-state index is 9.86. The Bertz CT molecular complexity index is 191. The Labute approximate surface area is 92.3 Å². The molecule has 0 spiro atoms. The Hall–Kier alpha value is -1.58. The minimum Gasteiger partial charge on any atom is -0.444 e. The van der Waals surface area contributed by atoms with E-state index in [9.17, 15) is 9.59 Å². The maximum absolute atomic E-state index is 9.86. The summed E-state index contributed by atoms with van der Waals surface area (Å²) in [6, 6.07) is 0. The van der Waals surface area contributed by atoms with Crippen LogP contribution in [0.3, 0.4) is 0 Å². The fraction of sp³-hybridized carbons (Fsp3) is 0.714. The fourth-order valence-electron chi connectivity index (χ4n) is 0.527. The van der Waals surface area contributed by atoms with Crippen molar-refractivity contribution < 1.29 is 34.4 Å². The van der Waals surface area contributed by atoms with Crippen LogP contribution in [0.15, 0.2) is 0 Å². The fourth-order valence-corrected chi connectivity index (χ4v) is 0.527. The monoisotopic (exact) mass is 242 g/mol. The van der Waals surface area contributed by atoms with Crippen molar-refractivity contribution in [1.29, 1.82) is 0 Å². The molecule has 0 aromatic rings. The van der Waals surface area contributed by atoms with Crippen molar-refractivity contribution in [2.24, 2.45) is 5.73 Å². The number of amides is 1. The van der Waals surface area contributed by atoms with Crippen molar-refractivity contribution >= 4 is 12.2 Å². The number of ether oxygens (including phenoxy) is 3. The lowest BCUT2D eigenvalue weighted by Crippen LogP contribution is -2.22. The predicted octanol–water partition coefficient (Wildman–Crippen LogP) is -1.05. The summed E-state index contributed by atoms with van der Waals surface area (Å²) in [4.78, 5) is 19.7. The minimum absolute atomic E-state index is 0. The minimum atomic E-state index is -0.855. The summed E-state index contributed by atoms with van der Waals surface area (Å²) in [5.74, 6) is 0. The number of carbonyl (C=O) groups is 2. The number of primary amides is 1. The summed E-state index contributed by atoms with van der Waals surface area (Å²) in [5, 5.41) is 8.25. The van der Waals surface area contributed by atoms with Crippen LogP contribution in [0.1, 0.15) is 6.92 Å². The molecule has 0 radical (unpaired) electrons. The van der Waals surface area contributed by atoms with E-state index in [4.69, 9.17) is 5.11 Å². The van der Waals surface area contributed by atoms with Crippen molar-refractivity contribution in [3.8, 4) is 0 Å². The molecule has 1 unspecified atom stereocenters. The standard InChI is InChI=1S/C4H9NO3.C3H4O3.H3N.H2O/c1-3(2-6)8-4(5)7;4-3-5-1-2-6-3;;/h3,6H,2H2,1H3,(H2,5,7);1-2H2;1H3;1H2. The van der Waals surface area contributed by atoms with Crippen LogP contribution in [0.2, 0.25) is 0 Å². The van der Waals surface area contributed by atoms with Gasteiger partial charge in [0, 0.05) is 0 Å². The highest BCUT2D eigenvalue weighted by Gasteiger charge is 2.09. The molecule has 0 aromatic heterocycles. The molecule has 9 heteroatoms. The van der Waals surface area contributed by atoms with Crippen molar-refractivity contribution in [3.05, 3.63) is 0 Å². The van der Waals surface area contributed by atoms with Gasteiger partial charge in [0.2, 0.25) is 0 Å². The molecule has 1 rings (SSSR count). The highest BCUT2D eigenvalue weighted by Crippen LogP contribution is 1.92. The highest BCUT2D eigenvalue weighted by atomic mass is 16.8. The van der Waals surface area contributed by atoms with Crippen molar-refractivity contribution in [3.63, 3.8) is 0 Å². The second-order valence-corrected chi connectivity index (χ2v) is 2.38. The number of hydrogen-bond acceptors (Lipinski definition) is 7. The molecule has 0 bridgehead atoms. The maximum Gasteiger partial charge on any atom is 0.508 e. The highest BCUT2D eigenvalue weighted by molar-refractivity contribution is 5.64. The third-order valence-corrected chi connectivity index (χ3v) is 1.10. The number of aliphatic hydroxyl groups is 1. The van der Waals surface area contributed by atoms with Crippen molar-refractivity contribution in [2.75, 3.05) is 19.8 Å². The largest absolute Gasteiger partial charge is 0.508 e. The Kier molecular flexibility index (Phi) is 14.3. The van der Waals surface area contributed by atoms with Crippen LogP contribution in [0, 0.1) is 0 Å². The summed E-state index contributed by atoms with van der Waals surface area (Å²) in [6.45, 7) is 2.19. The molecule has 0 aromatic carbocycles. The Morgan fingerprint density at radius 3 is 2.12 bits per heavy atom. The first-order valence-corrected chi connectivity index (χ1v) is 3.92. The van der Waals surface area contributed by atoms with Gasteiger partial charge in [-0.1, -0.05) is 0 Å². The molecule has 1 aliphatic heterocycles. The summed E-state index contributed by atoms with van der Waals surface area (Å²) < 4.78 is 12.9. The number of rotatable bonds is 2. The predicted molar refractivity (Wildman–Crippen MR) is 53.2 cm³/mol. The van der Waals surface area contributed by atoms with Gasteiger partial charge in [-0.25, -0.2) is 9.59 Å². The molecule has 1 saturated heterocycles. The normalized spacial score (nSPS) is 13.8. The molecule has 9 nitrogen and oxygen atoms in total. The summed E-state index contributed by atoms with van der Waals surface area (Å²) in [5.41, 5.74) is 4.60. The summed E-state index contributed by atoms with van der Waals surface area (Å²) >= 11 is 0. The molecule has 1 aliphatic rings. The molecule has 0 saturated carbocycles. The molecule has 1 atom stereocenters. The number of nitrogens with two attached hydrogens (primary N) is 1. The van der Waals surface area contributed by atoms with Gasteiger partial charge >= 0.3 is 12.2 Å².